The van der Waals surface area contributed by atoms with E-state index < -0.39 is 23.8 Å². The highest BCUT2D eigenvalue weighted by Gasteiger charge is 2.80. The van der Waals surface area contributed by atoms with Gasteiger partial charge in [0.2, 0.25) is 0 Å². The first kappa shape index (κ1) is 17.7. The minimum absolute atomic E-state index is 0.0233. The molecule has 0 aromatic heterocycles. The quantitative estimate of drug-likeness (QED) is 0.755. The fourth-order valence-corrected chi connectivity index (χ4v) is 7.79. The van der Waals surface area contributed by atoms with Crippen molar-refractivity contribution in [2.45, 2.75) is 57.9 Å². The second kappa shape index (κ2) is 5.18. The first-order valence-electron chi connectivity index (χ1n) is 10.1. The number of rotatable bonds is 2. The molecular formula is C22H27FO4. The number of hydrogen-bond acceptors (Lipinski definition) is 4. The molecule has 5 aliphatic rings. The number of fused-ring (bicyclic) bond motifs is 3. The Bertz CT molecular complexity index is 802. The third-order valence-corrected chi connectivity index (χ3v) is 8.76. The molecule has 0 bridgehead atoms. The highest BCUT2D eigenvalue weighted by Crippen LogP contribution is 2.76. The van der Waals surface area contributed by atoms with Gasteiger partial charge in [0.25, 0.3) is 0 Å². The van der Waals surface area contributed by atoms with E-state index in [-0.39, 0.29) is 46.8 Å². The number of halogens is 1. The number of carbonyl (C=O) groups excluding carboxylic acids is 2. The fraction of sp³-hybridized carbons (Fsp3) is 0.727. The molecule has 4 fully saturated rings. The molecule has 27 heavy (non-hydrogen) atoms. The van der Waals surface area contributed by atoms with Crippen LogP contribution in [-0.2, 0) is 14.3 Å². The predicted octanol–water partition coefficient (Wildman–Crippen LogP) is 2.80. The fourth-order valence-electron chi connectivity index (χ4n) is 7.79. The summed E-state index contributed by atoms with van der Waals surface area (Å²) in [5.41, 5.74) is -0.761. The topological polar surface area (TPSA) is 66.9 Å². The van der Waals surface area contributed by atoms with Gasteiger partial charge in [0.15, 0.2) is 11.6 Å². The number of aliphatic hydroxyl groups is 1. The number of alkyl halides is 1. The molecule has 146 valence electrons. The Balaban J connectivity index is 1.60. The zero-order valence-corrected chi connectivity index (χ0v) is 16.1. The van der Waals surface area contributed by atoms with Crippen molar-refractivity contribution in [2.24, 2.45) is 34.5 Å². The molecule has 1 heterocycles. The summed E-state index contributed by atoms with van der Waals surface area (Å²) in [7, 11) is 0. The van der Waals surface area contributed by atoms with Crippen molar-refractivity contribution >= 4 is 11.6 Å². The lowest BCUT2D eigenvalue weighted by Gasteiger charge is -2.55. The van der Waals surface area contributed by atoms with Crippen molar-refractivity contribution in [1.29, 1.82) is 0 Å². The van der Waals surface area contributed by atoms with E-state index in [1.54, 1.807) is 6.08 Å². The highest BCUT2D eigenvalue weighted by molar-refractivity contribution is 6.01. The molecule has 1 aliphatic heterocycles. The summed E-state index contributed by atoms with van der Waals surface area (Å²) >= 11 is 0. The first-order valence-corrected chi connectivity index (χ1v) is 10.1. The van der Waals surface area contributed by atoms with Crippen molar-refractivity contribution in [3.63, 3.8) is 0 Å². The van der Waals surface area contributed by atoms with Gasteiger partial charge < -0.3 is 9.84 Å². The number of aliphatic hydroxyl groups excluding tert-OH is 1. The minimum atomic E-state index is -1.16. The molecule has 9 atom stereocenters. The van der Waals surface area contributed by atoms with Crippen LogP contribution in [0.5, 0.6) is 0 Å². The lowest BCUT2D eigenvalue weighted by Crippen LogP contribution is -2.59. The number of allylic oxidation sites excluding steroid dienone is 2. The Kier molecular flexibility index (Phi) is 3.40. The summed E-state index contributed by atoms with van der Waals surface area (Å²) in [4.78, 5) is 24.4. The monoisotopic (exact) mass is 374 g/mol. The average molecular weight is 374 g/mol. The van der Waals surface area contributed by atoms with E-state index >= 15 is 4.39 Å². The summed E-state index contributed by atoms with van der Waals surface area (Å²) < 4.78 is 21.7. The van der Waals surface area contributed by atoms with Crippen LogP contribution >= 0.6 is 0 Å². The number of Topliss-reactive ketones (excluding diaryl/α,β-unsaturated/α-hetero) is 1. The third-order valence-electron chi connectivity index (χ3n) is 8.76. The summed E-state index contributed by atoms with van der Waals surface area (Å²) in [6, 6.07) is 0. The van der Waals surface area contributed by atoms with Gasteiger partial charge >= 0.3 is 0 Å². The second-order valence-electron chi connectivity index (χ2n) is 9.88. The van der Waals surface area contributed by atoms with E-state index in [2.05, 4.69) is 13.8 Å². The Morgan fingerprint density at radius 1 is 1.33 bits per heavy atom. The van der Waals surface area contributed by atoms with E-state index in [0.717, 1.165) is 12.8 Å². The Morgan fingerprint density at radius 2 is 2.07 bits per heavy atom. The zero-order valence-electron chi connectivity index (χ0n) is 16.1. The van der Waals surface area contributed by atoms with Crippen LogP contribution in [0.2, 0.25) is 0 Å². The molecule has 1 saturated heterocycles. The molecule has 5 rings (SSSR count). The van der Waals surface area contributed by atoms with Gasteiger partial charge in [-0.25, -0.2) is 4.39 Å². The van der Waals surface area contributed by atoms with Crippen LogP contribution in [0.15, 0.2) is 23.8 Å². The predicted molar refractivity (Wildman–Crippen MR) is 96.5 cm³/mol. The maximum Gasteiger partial charge on any atom is 0.178 e. The van der Waals surface area contributed by atoms with Crippen LogP contribution in [0.3, 0.4) is 0 Å². The number of ether oxygens (including phenoxy) is 1. The summed E-state index contributed by atoms with van der Waals surface area (Å²) in [5.74, 6) is -0.0461. The van der Waals surface area contributed by atoms with Crippen LogP contribution in [-0.4, -0.2) is 41.2 Å². The number of hydrogen-bond donors (Lipinski definition) is 1. The average Bonchev–Trinajstić information content (AvgIpc) is 3.26. The van der Waals surface area contributed by atoms with E-state index in [1.165, 1.54) is 6.08 Å². The van der Waals surface area contributed by atoms with Crippen molar-refractivity contribution in [3.05, 3.63) is 23.8 Å². The lowest BCUT2D eigenvalue weighted by atomic mass is 9.47. The van der Waals surface area contributed by atoms with Crippen molar-refractivity contribution in [2.75, 3.05) is 6.61 Å². The molecule has 5 heteroatoms. The molecule has 1 N–H and O–H groups in total. The van der Waals surface area contributed by atoms with Gasteiger partial charge in [-0.3, -0.25) is 9.59 Å². The molecular weight excluding hydrogens is 347 g/mol. The second-order valence-corrected chi connectivity index (χ2v) is 9.88. The molecule has 3 saturated carbocycles. The number of ketones is 2. The van der Waals surface area contributed by atoms with Crippen LogP contribution < -0.4 is 0 Å². The normalized spacial score (nSPS) is 55.1. The van der Waals surface area contributed by atoms with Gasteiger partial charge in [-0.2, -0.15) is 0 Å². The molecule has 0 unspecified atom stereocenters. The van der Waals surface area contributed by atoms with Gasteiger partial charge in [-0.05, 0) is 67.1 Å². The first-order chi connectivity index (χ1) is 12.7. The van der Waals surface area contributed by atoms with Crippen LogP contribution in [0.1, 0.15) is 40.0 Å². The van der Waals surface area contributed by atoms with Crippen molar-refractivity contribution < 1.29 is 23.8 Å². The number of carbonyl (C=O) groups is 2. The summed E-state index contributed by atoms with van der Waals surface area (Å²) in [5, 5.41) is 9.50. The minimum Gasteiger partial charge on any atom is -0.389 e. The molecule has 4 aliphatic carbocycles. The number of epoxide rings is 1. The summed E-state index contributed by atoms with van der Waals surface area (Å²) in [6.07, 6.45) is 5.67. The standard InChI is InChI=1S/C22H27FO4/c1-11-6-13-14-8-16(23)15-7-12(25)4-5-21(15,3)22(14)18(27-22)9-20(13,2)19(11)17(26)10-24/h4-5,7,11,13-14,16,18-19,24H,6,8-10H2,1-3H3/t11-,13+,14+,16+,18-,19-,20+,21+,22+/m1/s1. The zero-order chi connectivity index (χ0) is 19.4. The Labute approximate surface area is 158 Å². The van der Waals surface area contributed by atoms with E-state index in [1.807, 2.05) is 13.0 Å². The van der Waals surface area contributed by atoms with Gasteiger partial charge in [0.05, 0.1) is 6.10 Å². The maximum absolute atomic E-state index is 15.3. The van der Waals surface area contributed by atoms with Crippen LogP contribution in [0, 0.1) is 34.5 Å². The third kappa shape index (κ3) is 1.90. The maximum atomic E-state index is 15.3. The molecule has 0 aromatic rings. The SMILES string of the molecule is C[C@@H]1C[C@H]2[C@@H]3C[C@H](F)C4=CC(=O)C=C[C@]4(C)[C@]34O[C@@H]4C[C@]2(C)[C@H]1C(=O)CO. The smallest absolute Gasteiger partial charge is 0.178 e. The van der Waals surface area contributed by atoms with Crippen LogP contribution in [0.25, 0.3) is 0 Å². The molecule has 0 amide bonds. The van der Waals surface area contributed by atoms with E-state index in [0.29, 0.717) is 12.0 Å². The molecule has 0 radical (unpaired) electrons. The Morgan fingerprint density at radius 3 is 2.78 bits per heavy atom. The van der Waals surface area contributed by atoms with Crippen LogP contribution in [0.4, 0.5) is 4.39 Å². The van der Waals surface area contributed by atoms with E-state index in [4.69, 9.17) is 4.74 Å². The van der Waals surface area contributed by atoms with Crippen molar-refractivity contribution in [1.82, 2.24) is 0 Å². The van der Waals surface area contributed by atoms with Gasteiger partial charge in [0.1, 0.15) is 18.4 Å². The molecule has 0 aromatic carbocycles. The summed E-state index contributed by atoms with van der Waals surface area (Å²) in [6.45, 7) is 5.81. The molecule has 1 spiro atoms. The van der Waals surface area contributed by atoms with Gasteiger partial charge in [-0.1, -0.05) is 19.9 Å². The van der Waals surface area contributed by atoms with Gasteiger partial charge in [0, 0.05) is 11.3 Å². The molecule has 4 nitrogen and oxygen atoms in total. The van der Waals surface area contributed by atoms with E-state index in [9.17, 15) is 14.7 Å². The highest BCUT2D eigenvalue weighted by atomic mass is 19.1. The van der Waals surface area contributed by atoms with Gasteiger partial charge in [-0.15, -0.1) is 0 Å². The Hall–Kier alpha value is -1.33. The van der Waals surface area contributed by atoms with Crippen molar-refractivity contribution in [3.8, 4) is 0 Å². The lowest BCUT2D eigenvalue weighted by molar-refractivity contribution is -0.132. The largest absolute Gasteiger partial charge is 0.389 e.